The third kappa shape index (κ3) is 4.49. The predicted molar refractivity (Wildman–Crippen MR) is 97.5 cm³/mol. The second-order valence-electron chi connectivity index (χ2n) is 4.56. The number of nitrogens with zero attached hydrogens (tertiary/aromatic N) is 1. The monoisotopic (exact) mass is 409 g/mol. The highest BCUT2D eigenvalue weighted by molar-refractivity contribution is 9.10. The van der Waals surface area contributed by atoms with Crippen molar-refractivity contribution in [2.24, 2.45) is 0 Å². The van der Waals surface area contributed by atoms with Gasteiger partial charge in [0, 0.05) is 22.2 Å². The normalized spacial score (nSPS) is 9.92. The van der Waals surface area contributed by atoms with Crippen LogP contribution < -0.4 is 15.4 Å². The van der Waals surface area contributed by atoms with E-state index < -0.39 is 10.8 Å². The van der Waals surface area contributed by atoms with Crippen molar-refractivity contribution < 1.29 is 14.5 Å². The number of carbonyl (C=O) groups excluding carboxylic acids is 1. The lowest BCUT2D eigenvalue weighted by Gasteiger charge is -2.12. The predicted octanol–water partition coefficient (Wildman–Crippen LogP) is 3.49. The summed E-state index contributed by atoms with van der Waals surface area (Å²) in [6, 6.07) is 10.8. The van der Waals surface area contributed by atoms with Gasteiger partial charge >= 0.3 is 0 Å². The Morgan fingerprint density at radius 1 is 1.29 bits per heavy atom. The number of nitro groups is 1. The number of anilines is 1. The maximum absolute atomic E-state index is 12.1. The molecule has 2 aromatic rings. The second-order valence-corrected chi connectivity index (χ2v) is 5.88. The van der Waals surface area contributed by atoms with Crippen molar-refractivity contribution in [3.05, 3.63) is 62.6 Å². The maximum atomic E-state index is 12.1. The van der Waals surface area contributed by atoms with E-state index in [1.165, 1.54) is 25.3 Å². The summed E-state index contributed by atoms with van der Waals surface area (Å²) >= 11 is 8.36. The molecule has 0 saturated heterocycles. The van der Waals surface area contributed by atoms with Crippen LogP contribution in [0.4, 0.5) is 11.4 Å². The largest absolute Gasteiger partial charge is 0.495 e. The van der Waals surface area contributed by atoms with Gasteiger partial charge in [-0.3, -0.25) is 20.2 Å². The van der Waals surface area contributed by atoms with Crippen molar-refractivity contribution in [2.75, 3.05) is 12.4 Å². The first-order chi connectivity index (χ1) is 11.4. The van der Waals surface area contributed by atoms with Gasteiger partial charge in [0.1, 0.15) is 5.75 Å². The number of carbonyl (C=O) groups is 1. The van der Waals surface area contributed by atoms with E-state index in [2.05, 4.69) is 26.6 Å². The Morgan fingerprint density at radius 3 is 2.67 bits per heavy atom. The Morgan fingerprint density at radius 2 is 2.04 bits per heavy atom. The van der Waals surface area contributed by atoms with Crippen LogP contribution in [0.3, 0.4) is 0 Å². The molecule has 7 nitrogen and oxygen atoms in total. The van der Waals surface area contributed by atoms with Crippen LogP contribution in [0.5, 0.6) is 5.75 Å². The number of benzene rings is 2. The summed E-state index contributed by atoms with van der Waals surface area (Å²) in [6.07, 6.45) is 0. The highest BCUT2D eigenvalue weighted by Gasteiger charge is 2.14. The molecule has 0 radical (unpaired) electrons. The van der Waals surface area contributed by atoms with E-state index in [4.69, 9.17) is 17.0 Å². The topological polar surface area (TPSA) is 93.5 Å². The number of methoxy groups -OCH3 is 1. The van der Waals surface area contributed by atoms with E-state index in [9.17, 15) is 14.9 Å². The van der Waals surface area contributed by atoms with Crippen LogP contribution in [0.2, 0.25) is 0 Å². The number of nitro benzene ring substituents is 1. The van der Waals surface area contributed by atoms with E-state index in [0.717, 1.165) is 4.47 Å². The van der Waals surface area contributed by atoms with Crippen LogP contribution in [0.1, 0.15) is 10.4 Å². The molecule has 0 spiro atoms. The fourth-order valence-electron chi connectivity index (χ4n) is 1.87. The minimum absolute atomic E-state index is 0.00114. The van der Waals surface area contributed by atoms with Crippen molar-refractivity contribution in [3.63, 3.8) is 0 Å². The standard InChI is InChI=1S/C15H12BrN3O4S/c1-23-13-6-5-11(19(21)22)8-12(13)17-15(24)18-14(20)9-3-2-4-10(16)7-9/h2-8H,1H3,(H2,17,18,20,24). The molecule has 1 amide bonds. The highest BCUT2D eigenvalue weighted by Crippen LogP contribution is 2.28. The van der Waals surface area contributed by atoms with Crippen molar-refractivity contribution in [1.29, 1.82) is 0 Å². The van der Waals surface area contributed by atoms with Gasteiger partial charge < -0.3 is 10.1 Å². The van der Waals surface area contributed by atoms with Crippen molar-refractivity contribution >= 4 is 50.5 Å². The Bertz CT molecular complexity index is 813. The van der Waals surface area contributed by atoms with Crippen LogP contribution in [-0.4, -0.2) is 23.1 Å². The third-order valence-electron chi connectivity index (χ3n) is 2.96. The number of non-ortho nitro benzene ring substituents is 1. The van der Waals surface area contributed by atoms with Crippen molar-refractivity contribution in [3.8, 4) is 5.75 Å². The number of nitrogens with one attached hydrogen (secondary N) is 2. The lowest BCUT2D eigenvalue weighted by Crippen LogP contribution is -2.34. The van der Waals surface area contributed by atoms with Gasteiger partial charge in [-0.15, -0.1) is 0 Å². The van der Waals surface area contributed by atoms with Gasteiger partial charge in [0.15, 0.2) is 5.11 Å². The minimum Gasteiger partial charge on any atom is -0.495 e. The van der Waals surface area contributed by atoms with Crippen LogP contribution in [0, 0.1) is 10.1 Å². The van der Waals surface area contributed by atoms with Gasteiger partial charge in [0.05, 0.1) is 17.7 Å². The molecule has 0 aliphatic heterocycles. The zero-order chi connectivity index (χ0) is 17.7. The summed E-state index contributed by atoms with van der Waals surface area (Å²) in [5.41, 5.74) is 0.574. The number of thiocarbonyl (C=S) groups is 1. The molecular formula is C15H12BrN3O4S. The van der Waals surface area contributed by atoms with Gasteiger partial charge in [-0.25, -0.2) is 0 Å². The molecule has 0 fully saturated rings. The van der Waals surface area contributed by atoms with Gasteiger partial charge in [-0.1, -0.05) is 22.0 Å². The number of amides is 1. The average Bonchev–Trinajstić information content (AvgIpc) is 2.54. The second kappa shape index (κ2) is 7.84. The van der Waals surface area contributed by atoms with E-state index in [1.54, 1.807) is 24.3 Å². The number of halogens is 1. The third-order valence-corrected chi connectivity index (χ3v) is 3.65. The SMILES string of the molecule is COc1ccc([N+](=O)[O-])cc1NC(=S)NC(=O)c1cccc(Br)c1. The smallest absolute Gasteiger partial charge is 0.271 e. The van der Waals surface area contributed by atoms with Crippen LogP contribution >= 0.6 is 28.1 Å². The van der Waals surface area contributed by atoms with E-state index >= 15 is 0 Å². The molecule has 2 rings (SSSR count). The molecule has 24 heavy (non-hydrogen) atoms. The highest BCUT2D eigenvalue weighted by atomic mass is 79.9. The van der Waals surface area contributed by atoms with E-state index in [1.807, 2.05) is 0 Å². The van der Waals surface area contributed by atoms with E-state index in [0.29, 0.717) is 11.3 Å². The molecule has 0 bridgehead atoms. The van der Waals surface area contributed by atoms with Gasteiger partial charge in [-0.2, -0.15) is 0 Å². The Balaban J connectivity index is 2.13. The molecule has 0 heterocycles. The Labute approximate surface area is 151 Å². The zero-order valence-electron chi connectivity index (χ0n) is 12.4. The molecule has 0 aliphatic rings. The summed E-state index contributed by atoms with van der Waals surface area (Å²) in [5, 5.41) is 16.1. The average molecular weight is 410 g/mol. The molecule has 0 saturated carbocycles. The quantitative estimate of drug-likeness (QED) is 0.455. The fraction of sp³-hybridized carbons (Fsp3) is 0.0667. The van der Waals surface area contributed by atoms with Crippen LogP contribution in [0.25, 0.3) is 0 Å². The summed E-state index contributed by atoms with van der Waals surface area (Å²) in [7, 11) is 1.43. The van der Waals surface area contributed by atoms with Crippen molar-refractivity contribution in [1.82, 2.24) is 5.32 Å². The summed E-state index contributed by atoms with van der Waals surface area (Å²) in [4.78, 5) is 22.5. The number of ether oxygens (including phenoxy) is 1. The number of hydrogen-bond acceptors (Lipinski definition) is 5. The lowest BCUT2D eigenvalue weighted by atomic mass is 10.2. The van der Waals surface area contributed by atoms with Crippen molar-refractivity contribution in [2.45, 2.75) is 0 Å². The summed E-state index contributed by atoms with van der Waals surface area (Å²) < 4.78 is 5.88. The summed E-state index contributed by atoms with van der Waals surface area (Å²) in [5.74, 6) is -0.0437. The maximum Gasteiger partial charge on any atom is 0.271 e. The van der Waals surface area contributed by atoms with Gasteiger partial charge in [0.2, 0.25) is 0 Å². The van der Waals surface area contributed by atoms with Crippen LogP contribution in [-0.2, 0) is 0 Å². The molecule has 9 heteroatoms. The molecule has 0 aliphatic carbocycles. The first-order valence-electron chi connectivity index (χ1n) is 6.61. The number of hydrogen-bond donors (Lipinski definition) is 2. The van der Waals surface area contributed by atoms with Gasteiger partial charge in [-0.05, 0) is 36.5 Å². The molecule has 2 N–H and O–H groups in total. The first-order valence-corrected chi connectivity index (χ1v) is 7.81. The minimum atomic E-state index is -0.534. The molecule has 0 unspecified atom stereocenters. The first kappa shape index (κ1) is 17.8. The fourth-order valence-corrected chi connectivity index (χ4v) is 2.47. The van der Waals surface area contributed by atoms with E-state index in [-0.39, 0.29) is 16.5 Å². The molecular weight excluding hydrogens is 398 g/mol. The zero-order valence-corrected chi connectivity index (χ0v) is 14.8. The molecule has 0 aromatic heterocycles. The van der Waals surface area contributed by atoms with Gasteiger partial charge in [0.25, 0.3) is 11.6 Å². The lowest BCUT2D eigenvalue weighted by molar-refractivity contribution is -0.384. The molecule has 2 aromatic carbocycles. The summed E-state index contributed by atoms with van der Waals surface area (Å²) in [6.45, 7) is 0. The number of rotatable bonds is 4. The Hall–Kier alpha value is -2.52. The molecule has 124 valence electrons. The van der Waals surface area contributed by atoms with Crippen LogP contribution in [0.15, 0.2) is 46.9 Å². The molecule has 0 atom stereocenters. The Kier molecular flexibility index (Phi) is 5.83.